The molecular weight excluding hydrogens is 270 g/mol. The molecule has 0 aliphatic rings. The van der Waals surface area contributed by atoms with Gasteiger partial charge >= 0.3 is 0 Å². The monoisotopic (exact) mass is 285 g/mol. The molecule has 0 spiro atoms. The van der Waals surface area contributed by atoms with Crippen molar-refractivity contribution >= 4 is 21.8 Å². The van der Waals surface area contributed by atoms with E-state index in [9.17, 15) is 4.79 Å². The summed E-state index contributed by atoms with van der Waals surface area (Å²) in [6.07, 6.45) is 1.71. The number of hydrogen-bond acceptors (Lipinski definition) is 3. The van der Waals surface area contributed by atoms with Gasteiger partial charge in [0.1, 0.15) is 4.60 Å². The zero-order valence-electron chi connectivity index (χ0n) is 9.40. The number of carbonyl (C=O) groups excluding carboxylic acids is 1. The molecule has 0 saturated carbocycles. The largest absolute Gasteiger partial charge is 0.351 e. The first kappa shape index (κ1) is 13.1. The van der Waals surface area contributed by atoms with Crippen LogP contribution in [-0.4, -0.2) is 16.9 Å². The Morgan fingerprint density at radius 3 is 2.75 bits per heavy atom. The summed E-state index contributed by atoms with van der Waals surface area (Å²) in [5.74, 6) is 0.0148. The van der Waals surface area contributed by atoms with Crippen molar-refractivity contribution in [1.29, 1.82) is 0 Å². The number of pyridine rings is 1. The number of nitrogens with two attached hydrogens (primary N) is 1. The van der Waals surface area contributed by atoms with Crippen molar-refractivity contribution in [3.05, 3.63) is 28.5 Å². The molecule has 0 aromatic carbocycles. The Morgan fingerprint density at radius 1 is 1.56 bits per heavy atom. The van der Waals surface area contributed by atoms with Crippen LogP contribution in [0, 0.1) is 5.92 Å². The summed E-state index contributed by atoms with van der Waals surface area (Å²) in [4.78, 5) is 15.6. The number of hydrogen-bond donors (Lipinski definition) is 2. The highest BCUT2D eigenvalue weighted by molar-refractivity contribution is 9.10. The fraction of sp³-hybridized carbons (Fsp3) is 0.455. The third kappa shape index (κ3) is 3.90. The van der Waals surface area contributed by atoms with Crippen molar-refractivity contribution in [2.75, 3.05) is 0 Å². The van der Waals surface area contributed by atoms with E-state index in [1.807, 2.05) is 26.0 Å². The second-order valence-corrected chi connectivity index (χ2v) is 4.79. The van der Waals surface area contributed by atoms with E-state index < -0.39 is 6.04 Å². The fourth-order valence-corrected chi connectivity index (χ4v) is 1.36. The highest BCUT2D eigenvalue weighted by Crippen LogP contribution is 2.06. The minimum Gasteiger partial charge on any atom is -0.351 e. The van der Waals surface area contributed by atoms with Gasteiger partial charge in [0.25, 0.3) is 0 Å². The van der Waals surface area contributed by atoms with Gasteiger partial charge in [0.15, 0.2) is 0 Å². The van der Waals surface area contributed by atoms with Crippen molar-refractivity contribution in [2.24, 2.45) is 11.7 Å². The van der Waals surface area contributed by atoms with Crippen molar-refractivity contribution in [1.82, 2.24) is 10.3 Å². The van der Waals surface area contributed by atoms with Gasteiger partial charge in [-0.1, -0.05) is 19.9 Å². The van der Waals surface area contributed by atoms with Gasteiger partial charge in [0.2, 0.25) is 5.91 Å². The number of carbonyl (C=O) groups is 1. The SMILES string of the molecule is CC(C)[C@H](N)C(=O)NCc1ccc(Br)nc1. The quantitative estimate of drug-likeness (QED) is 0.823. The van der Waals surface area contributed by atoms with Crippen LogP contribution in [0.5, 0.6) is 0 Å². The Balaban J connectivity index is 2.46. The third-order valence-electron chi connectivity index (χ3n) is 2.28. The third-order valence-corrected chi connectivity index (χ3v) is 2.75. The van der Waals surface area contributed by atoms with Crippen LogP contribution in [0.2, 0.25) is 0 Å². The average molecular weight is 286 g/mol. The Hall–Kier alpha value is -0.940. The zero-order valence-corrected chi connectivity index (χ0v) is 11.0. The molecule has 1 atom stereocenters. The van der Waals surface area contributed by atoms with Crippen LogP contribution in [-0.2, 0) is 11.3 Å². The lowest BCUT2D eigenvalue weighted by Crippen LogP contribution is -2.43. The molecular formula is C11H16BrN3O. The number of amides is 1. The molecule has 1 heterocycles. The van der Waals surface area contributed by atoms with Gasteiger partial charge in [0, 0.05) is 12.7 Å². The Bertz CT molecular complexity index is 351. The average Bonchev–Trinajstić information content (AvgIpc) is 2.26. The molecule has 0 fully saturated rings. The van der Waals surface area contributed by atoms with Crippen LogP contribution < -0.4 is 11.1 Å². The van der Waals surface area contributed by atoms with Gasteiger partial charge in [-0.2, -0.15) is 0 Å². The van der Waals surface area contributed by atoms with Gasteiger partial charge < -0.3 is 11.1 Å². The maximum absolute atomic E-state index is 11.6. The Labute approximate surface area is 104 Å². The molecule has 1 aromatic heterocycles. The molecule has 0 radical (unpaired) electrons. The van der Waals surface area contributed by atoms with Crippen LogP contribution in [0.4, 0.5) is 0 Å². The van der Waals surface area contributed by atoms with E-state index in [2.05, 4.69) is 26.2 Å². The number of halogens is 1. The van der Waals surface area contributed by atoms with Gasteiger partial charge in [-0.05, 0) is 33.5 Å². The van der Waals surface area contributed by atoms with E-state index in [4.69, 9.17) is 5.73 Å². The predicted octanol–water partition coefficient (Wildman–Crippen LogP) is 1.44. The lowest BCUT2D eigenvalue weighted by atomic mass is 10.1. The number of rotatable bonds is 4. The predicted molar refractivity (Wildman–Crippen MR) is 66.6 cm³/mol. The molecule has 16 heavy (non-hydrogen) atoms. The highest BCUT2D eigenvalue weighted by Gasteiger charge is 2.16. The van der Waals surface area contributed by atoms with E-state index in [-0.39, 0.29) is 11.8 Å². The van der Waals surface area contributed by atoms with Crippen molar-refractivity contribution < 1.29 is 4.79 Å². The summed E-state index contributed by atoms with van der Waals surface area (Å²) < 4.78 is 0.779. The molecule has 4 nitrogen and oxygen atoms in total. The van der Waals surface area contributed by atoms with Gasteiger partial charge in [-0.15, -0.1) is 0 Å². The van der Waals surface area contributed by atoms with E-state index in [0.29, 0.717) is 6.54 Å². The Morgan fingerprint density at radius 2 is 2.25 bits per heavy atom. The lowest BCUT2D eigenvalue weighted by molar-refractivity contribution is -0.123. The van der Waals surface area contributed by atoms with Crippen LogP contribution in [0.1, 0.15) is 19.4 Å². The van der Waals surface area contributed by atoms with Crippen LogP contribution in [0.3, 0.4) is 0 Å². The highest BCUT2D eigenvalue weighted by atomic mass is 79.9. The smallest absolute Gasteiger partial charge is 0.237 e. The molecule has 1 rings (SSSR count). The van der Waals surface area contributed by atoms with Crippen molar-refractivity contribution in [2.45, 2.75) is 26.4 Å². The summed E-state index contributed by atoms with van der Waals surface area (Å²) >= 11 is 3.25. The number of nitrogens with zero attached hydrogens (tertiary/aromatic N) is 1. The molecule has 0 unspecified atom stereocenters. The summed E-state index contributed by atoms with van der Waals surface area (Å²) in [5, 5.41) is 2.78. The van der Waals surface area contributed by atoms with Crippen LogP contribution >= 0.6 is 15.9 Å². The topological polar surface area (TPSA) is 68.0 Å². The molecule has 5 heteroatoms. The van der Waals surface area contributed by atoms with Crippen molar-refractivity contribution in [3.63, 3.8) is 0 Å². The first-order valence-electron chi connectivity index (χ1n) is 5.14. The van der Waals surface area contributed by atoms with E-state index in [0.717, 1.165) is 10.2 Å². The van der Waals surface area contributed by atoms with Gasteiger partial charge in [-0.25, -0.2) is 4.98 Å². The van der Waals surface area contributed by atoms with Crippen molar-refractivity contribution in [3.8, 4) is 0 Å². The summed E-state index contributed by atoms with van der Waals surface area (Å²) in [7, 11) is 0. The minimum absolute atomic E-state index is 0.127. The molecule has 88 valence electrons. The van der Waals surface area contributed by atoms with Crippen LogP contribution in [0.25, 0.3) is 0 Å². The summed E-state index contributed by atoms with van der Waals surface area (Å²) in [6, 6.07) is 3.28. The first-order chi connectivity index (χ1) is 7.50. The molecule has 0 aliphatic carbocycles. The number of aromatic nitrogens is 1. The van der Waals surface area contributed by atoms with E-state index in [1.165, 1.54) is 0 Å². The lowest BCUT2D eigenvalue weighted by Gasteiger charge is -2.15. The molecule has 0 aliphatic heterocycles. The minimum atomic E-state index is -0.455. The molecule has 3 N–H and O–H groups in total. The molecule has 1 aromatic rings. The molecule has 1 amide bonds. The standard InChI is InChI=1S/C11H16BrN3O/c1-7(2)10(13)11(16)15-6-8-3-4-9(12)14-5-8/h3-5,7,10H,6,13H2,1-2H3,(H,15,16)/t10-/m0/s1. The van der Waals surface area contributed by atoms with Gasteiger partial charge in [0.05, 0.1) is 6.04 Å². The van der Waals surface area contributed by atoms with E-state index in [1.54, 1.807) is 6.20 Å². The normalized spacial score (nSPS) is 12.6. The summed E-state index contributed by atoms with van der Waals surface area (Å²) in [5.41, 5.74) is 6.66. The zero-order chi connectivity index (χ0) is 12.1. The maximum Gasteiger partial charge on any atom is 0.237 e. The first-order valence-corrected chi connectivity index (χ1v) is 5.93. The second-order valence-electron chi connectivity index (χ2n) is 3.98. The maximum atomic E-state index is 11.6. The molecule has 0 bridgehead atoms. The van der Waals surface area contributed by atoms with E-state index >= 15 is 0 Å². The summed E-state index contributed by atoms with van der Waals surface area (Å²) in [6.45, 7) is 4.30. The fourth-order valence-electron chi connectivity index (χ4n) is 1.12. The van der Waals surface area contributed by atoms with Crippen LogP contribution in [0.15, 0.2) is 22.9 Å². The number of nitrogens with one attached hydrogen (secondary N) is 1. The molecule has 0 saturated heterocycles. The Kier molecular flexibility index (Phi) is 4.89. The van der Waals surface area contributed by atoms with Gasteiger partial charge in [-0.3, -0.25) is 4.79 Å². The second kappa shape index (κ2) is 5.96.